The molecule has 1 unspecified atom stereocenters. The largest absolute Gasteiger partial charge is 0.478 e. The first-order valence-electron chi connectivity index (χ1n) is 6.48. The third-order valence-electron chi connectivity index (χ3n) is 3.21. The molecule has 118 valence electrons. The van der Waals surface area contributed by atoms with Gasteiger partial charge in [0.25, 0.3) is 0 Å². The van der Waals surface area contributed by atoms with Crippen molar-refractivity contribution in [2.45, 2.75) is 25.7 Å². The summed E-state index contributed by atoms with van der Waals surface area (Å²) in [4.78, 5) is 10.1. The minimum Gasteiger partial charge on any atom is -0.478 e. The van der Waals surface area contributed by atoms with E-state index in [9.17, 15) is 18.0 Å². The van der Waals surface area contributed by atoms with E-state index < -0.39 is 17.0 Å². The third-order valence-corrected chi connectivity index (χ3v) is 4.21. The number of carboxylic acids is 1. The molecular weight excluding hydrogens is 315 g/mol. The Morgan fingerprint density at radius 2 is 1.95 bits per heavy atom. The fraction of sp³-hybridized carbons (Fsp3) is 0.267. The van der Waals surface area contributed by atoms with Crippen molar-refractivity contribution in [2.75, 3.05) is 0 Å². The Balaban J connectivity index is 1.96. The van der Waals surface area contributed by atoms with Crippen LogP contribution in [0.25, 0.3) is 0 Å². The van der Waals surface area contributed by atoms with Gasteiger partial charge in [-0.15, -0.1) is 11.3 Å². The lowest BCUT2D eigenvalue weighted by molar-refractivity contribution is -0.134. The number of nitrogens with one attached hydrogen (secondary N) is 1. The van der Waals surface area contributed by atoms with E-state index in [0.717, 1.165) is 11.6 Å². The Hall–Kier alpha value is -1.86. The molecule has 1 aromatic carbocycles. The highest BCUT2D eigenvalue weighted by molar-refractivity contribution is 7.10. The third kappa shape index (κ3) is 4.08. The highest BCUT2D eigenvalue weighted by Gasteiger charge is 2.32. The number of carboxylic acid groups (broad SMARTS) is 1. The fourth-order valence-electron chi connectivity index (χ4n) is 1.88. The molecule has 3 nitrogen and oxygen atoms in total. The van der Waals surface area contributed by atoms with Crippen molar-refractivity contribution in [3.8, 4) is 0 Å². The highest BCUT2D eigenvalue weighted by atomic mass is 32.1. The molecular formula is C15H14F3NO2S. The minimum absolute atomic E-state index is 0.199. The first-order chi connectivity index (χ1) is 10.3. The van der Waals surface area contributed by atoms with Crippen molar-refractivity contribution in [1.82, 2.24) is 5.32 Å². The maximum Gasteiger partial charge on any atom is 0.425 e. The number of thiophene rings is 1. The first kappa shape index (κ1) is 16.5. The molecule has 1 atom stereocenters. The van der Waals surface area contributed by atoms with Crippen molar-refractivity contribution in [3.05, 3.63) is 57.3 Å². The average Bonchev–Trinajstić information content (AvgIpc) is 2.95. The van der Waals surface area contributed by atoms with Crippen LogP contribution < -0.4 is 5.32 Å². The van der Waals surface area contributed by atoms with Gasteiger partial charge in [0.15, 0.2) is 0 Å². The number of aromatic carboxylic acids is 1. The Labute approximate surface area is 129 Å². The lowest BCUT2D eigenvalue weighted by Gasteiger charge is -2.12. The second kappa shape index (κ2) is 6.50. The van der Waals surface area contributed by atoms with Gasteiger partial charge in [-0.2, -0.15) is 13.2 Å². The molecule has 0 aliphatic carbocycles. The highest BCUT2D eigenvalue weighted by Crippen LogP contribution is 2.35. The van der Waals surface area contributed by atoms with Crippen LogP contribution in [0.4, 0.5) is 13.2 Å². The summed E-state index contributed by atoms with van der Waals surface area (Å²) >= 11 is 0.681. The molecule has 1 heterocycles. The van der Waals surface area contributed by atoms with E-state index in [-0.39, 0.29) is 11.6 Å². The second-order valence-corrected chi connectivity index (χ2v) is 5.76. The van der Waals surface area contributed by atoms with E-state index in [4.69, 9.17) is 5.11 Å². The number of hydrogen-bond donors (Lipinski definition) is 2. The molecule has 7 heteroatoms. The second-order valence-electron chi connectivity index (χ2n) is 4.85. The number of halogens is 3. The molecule has 0 saturated heterocycles. The molecule has 0 spiro atoms. The van der Waals surface area contributed by atoms with E-state index in [1.165, 1.54) is 17.5 Å². The summed E-state index contributed by atoms with van der Waals surface area (Å²) in [6.07, 6.45) is -4.31. The summed E-state index contributed by atoms with van der Waals surface area (Å²) in [6, 6.07) is 7.27. The van der Waals surface area contributed by atoms with Gasteiger partial charge < -0.3 is 10.4 Å². The normalized spacial score (nSPS) is 13.1. The van der Waals surface area contributed by atoms with Gasteiger partial charge in [0.1, 0.15) is 4.88 Å². The van der Waals surface area contributed by atoms with Crippen molar-refractivity contribution < 1.29 is 23.1 Å². The lowest BCUT2D eigenvalue weighted by Crippen LogP contribution is -2.17. The van der Waals surface area contributed by atoms with Crippen LogP contribution in [0.1, 0.15) is 39.3 Å². The van der Waals surface area contributed by atoms with Crippen molar-refractivity contribution >= 4 is 17.3 Å². The maximum absolute atomic E-state index is 12.6. The van der Waals surface area contributed by atoms with Crippen LogP contribution in [0.5, 0.6) is 0 Å². The summed E-state index contributed by atoms with van der Waals surface area (Å²) < 4.78 is 37.7. The topological polar surface area (TPSA) is 49.3 Å². The Kier molecular flexibility index (Phi) is 4.87. The monoisotopic (exact) mass is 329 g/mol. The van der Waals surface area contributed by atoms with Crippen molar-refractivity contribution in [2.24, 2.45) is 0 Å². The summed E-state index contributed by atoms with van der Waals surface area (Å²) in [5.41, 5.74) is 1.65. The van der Waals surface area contributed by atoms with Gasteiger partial charge in [0.05, 0.1) is 5.56 Å². The molecule has 0 bridgehead atoms. The van der Waals surface area contributed by atoms with Crippen LogP contribution in [0.3, 0.4) is 0 Å². The molecule has 0 aliphatic heterocycles. The number of carbonyl (C=O) groups is 1. The zero-order chi connectivity index (χ0) is 16.3. The van der Waals surface area contributed by atoms with Crippen molar-refractivity contribution in [3.63, 3.8) is 0 Å². The average molecular weight is 329 g/mol. The minimum atomic E-state index is -4.31. The number of rotatable bonds is 5. The lowest BCUT2D eigenvalue weighted by atomic mass is 10.1. The molecule has 2 rings (SSSR count). The first-order valence-corrected chi connectivity index (χ1v) is 7.36. The predicted molar refractivity (Wildman–Crippen MR) is 78.0 cm³/mol. The van der Waals surface area contributed by atoms with E-state index in [0.29, 0.717) is 23.4 Å². The summed E-state index contributed by atoms with van der Waals surface area (Å²) in [6.45, 7) is 2.23. The zero-order valence-electron chi connectivity index (χ0n) is 11.6. The van der Waals surface area contributed by atoms with Crippen LogP contribution in [0.2, 0.25) is 0 Å². The van der Waals surface area contributed by atoms with Crippen LogP contribution in [0.15, 0.2) is 35.7 Å². The van der Waals surface area contributed by atoms with Gasteiger partial charge in [0.2, 0.25) is 0 Å². The molecule has 2 N–H and O–H groups in total. The standard InChI is InChI=1S/C15H14F3NO2S/c1-9(12-6-13(22-8-12)15(16,17)18)19-7-10-2-4-11(5-3-10)14(20)21/h2-6,8-9,19H,7H2,1H3,(H,20,21). The molecule has 0 fully saturated rings. The van der Waals surface area contributed by atoms with Crippen LogP contribution >= 0.6 is 11.3 Å². The summed E-state index contributed by atoms with van der Waals surface area (Å²) in [5, 5.41) is 13.4. The smallest absolute Gasteiger partial charge is 0.425 e. The molecule has 0 aliphatic rings. The van der Waals surface area contributed by atoms with Crippen molar-refractivity contribution in [1.29, 1.82) is 0 Å². The Morgan fingerprint density at radius 3 is 2.45 bits per heavy atom. The maximum atomic E-state index is 12.6. The van der Waals surface area contributed by atoms with Gasteiger partial charge in [-0.05, 0) is 41.6 Å². The quantitative estimate of drug-likeness (QED) is 0.859. The van der Waals surface area contributed by atoms with E-state index >= 15 is 0 Å². The van der Waals surface area contributed by atoms with E-state index in [2.05, 4.69) is 5.32 Å². The molecule has 0 amide bonds. The van der Waals surface area contributed by atoms with E-state index in [1.807, 2.05) is 0 Å². The summed E-state index contributed by atoms with van der Waals surface area (Å²) in [7, 11) is 0. The Bertz CT molecular complexity index is 650. The molecule has 1 aromatic heterocycles. The number of benzene rings is 1. The molecule has 2 aromatic rings. The van der Waals surface area contributed by atoms with Gasteiger partial charge in [0, 0.05) is 12.6 Å². The van der Waals surface area contributed by atoms with Crippen LogP contribution in [-0.4, -0.2) is 11.1 Å². The van der Waals surface area contributed by atoms with Gasteiger partial charge in [-0.3, -0.25) is 0 Å². The predicted octanol–water partition coefficient (Wildman–Crippen LogP) is 4.32. The van der Waals surface area contributed by atoms with Gasteiger partial charge in [-0.25, -0.2) is 4.79 Å². The summed E-state index contributed by atoms with van der Waals surface area (Å²) in [5.74, 6) is -0.995. The fourth-order valence-corrected chi connectivity index (χ4v) is 2.75. The van der Waals surface area contributed by atoms with Gasteiger partial charge in [-0.1, -0.05) is 12.1 Å². The Morgan fingerprint density at radius 1 is 1.32 bits per heavy atom. The van der Waals surface area contributed by atoms with Crippen LogP contribution in [-0.2, 0) is 12.7 Å². The SMILES string of the molecule is CC(NCc1ccc(C(=O)O)cc1)c1csc(C(F)(F)F)c1. The van der Waals surface area contributed by atoms with Crippen LogP contribution in [0, 0.1) is 0 Å². The zero-order valence-corrected chi connectivity index (χ0v) is 12.5. The molecule has 22 heavy (non-hydrogen) atoms. The number of alkyl halides is 3. The van der Waals surface area contributed by atoms with E-state index in [1.54, 1.807) is 19.1 Å². The van der Waals surface area contributed by atoms with Gasteiger partial charge >= 0.3 is 12.1 Å². The molecule has 0 saturated carbocycles. The molecule has 0 radical (unpaired) electrons. The number of hydrogen-bond acceptors (Lipinski definition) is 3.